The third kappa shape index (κ3) is 3.94. The third-order valence-corrected chi connectivity index (χ3v) is 5.89. The Labute approximate surface area is 182 Å². The summed E-state index contributed by atoms with van der Waals surface area (Å²) in [6.07, 6.45) is 1.62. The van der Waals surface area contributed by atoms with Crippen LogP contribution in [-0.2, 0) is 15.8 Å². The number of amides is 1. The van der Waals surface area contributed by atoms with E-state index < -0.39 is 17.0 Å². The lowest BCUT2D eigenvalue weighted by molar-refractivity contribution is -0.120. The number of hydrogen-bond acceptors (Lipinski definition) is 7. The molecule has 10 heteroatoms. The summed E-state index contributed by atoms with van der Waals surface area (Å²) in [4.78, 5) is 26.0. The van der Waals surface area contributed by atoms with Gasteiger partial charge in [0.05, 0.1) is 18.2 Å². The first-order valence-electron chi connectivity index (χ1n) is 9.43. The van der Waals surface area contributed by atoms with E-state index in [9.17, 15) is 9.00 Å². The van der Waals surface area contributed by atoms with Gasteiger partial charge < -0.3 is 19.9 Å². The van der Waals surface area contributed by atoms with Crippen molar-refractivity contribution in [1.29, 1.82) is 0 Å². The van der Waals surface area contributed by atoms with E-state index in [0.29, 0.717) is 28.1 Å². The van der Waals surface area contributed by atoms with Crippen LogP contribution in [0.3, 0.4) is 0 Å². The molecule has 1 aliphatic rings. The molecule has 9 nitrogen and oxygen atoms in total. The van der Waals surface area contributed by atoms with Crippen LogP contribution < -0.4 is 25.0 Å². The monoisotopic (exact) mass is 438 g/mol. The van der Waals surface area contributed by atoms with Crippen molar-refractivity contribution in [3.05, 3.63) is 60.3 Å². The van der Waals surface area contributed by atoms with Gasteiger partial charge in [0.25, 0.3) is 5.91 Å². The number of anilines is 4. The topological polar surface area (TPSA) is 114 Å². The minimum atomic E-state index is -1.53. The smallest absolute Gasteiger partial charge is 0.254 e. The Morgan fingerprint density at radius 2 is 1.90 bits per heavy atom. The molecular weight excluding hydrogens is 416 g/mol. The van der Waals surface area contributed by atoms with Crippen molar-refractivity contribution in [2.75, 3.05) is 36.3 Å². The van der Waals surface area contributed by atoms with Crippen molar-refractivity contribution >= 4 is 40.0 Å². The highest BCUT2D eigenvalue weighted by Crippen LogP contribution is 2.39. The first kappa shape index (κ1) is 20.8. The lowest BCUT2D eigenvalue weighted by atomic mass is 10.0. The predicted molar refractivity (Wildman–Crippen MR) is 120 cm³/mol. The fourth-order valence-corrected chi connectivity index (χ4v) is 3.90. The van der Waals surface area contributed by atoms with Crippen molar-refractivity contribution < 1.29 is 13.7 Å². The molecule has 1 aromatic heterocycles. The fraction of sp³-hybridized carbons (Fsp3) is 0.190. The number of methoxy groups -OCH3 is 1. The summed E-state index contributed by atoms with van der Waals surface area (Å²) in [5.41, 5.74) is 2.15. The number of carbonyl (C=O) groups excluding carboxylic acids is 1. The summed E-state index contributed by atoms with van der Waals surface area (Å²) in [7, 11) is 3.60. The first-order valence-corrected chi connectivity index (χ1v) is 10.6. The van der Waals surface area contributed by atoms with Crippen LogP contribution in [0.5, 0.6) is 5.75 Å². The Balaban J connectivity index is 1.67. The van der Waals surface area contributed by atoms with Crippen molar-refractivity contribution in [3.8, 4) is 5.75 Å². The van der Waals surface area contributed by atoms with Gasteiger partial charge in [-0.3, -0.25) is 4.79 Å². The van der Waals surface area contributed by atoms with Gasteiger partial charge >= 0.3 is 0 Å². The molecule has 0 spiro atoms. The Morgan fingerprint density at radius 3 is 2.58 bits per heavy atom. The number of rotatable bonds is 5. The fourth-order valence-electron chi connectivity index (χ4n) is 3.49. The second kappa shape index (κ2) is 8.32. The van der Waals surface area contributed by atoms with E-state index in [0.717, 1.165) is 11.3 Å². The lowest BCUT2D eigenvalue weighted by Gasteiger charge is -2.38. The van der Waals surface area contributed by atoms with Gasteiger partial charge in [-0.05, 0) is 42.0 Å². The van der Waals surface area contributed by atoms with Gasteiger partial charge in [0.1, 0.15) is 28.5 Å². The van der Waals surface area contributed by atoms with E-state index in [1.165, 1.54) is 0 Å². The van der Waals surface area contributed by atoms with Crippen molar-refractivity contribution in [2.24, 2.45) is 5.14 Å². The quantitative estimate of drug-likeness (QED) is 0.629. The Hall–Kier alpha value is -3.50. The zero-order chi connectivity index (χ0) is 22.1. The molecule has 2 unspecified atom stereocenters. The minimum absolute atomic E-state index is 0.0852. The van der Waals surface area contributed by atoms with Crippen LogP contribution in [0.25, 0.3) is 0 Å². The number of fused-ring (bicyclic) bond motifs is 1. The average molecular weight is 439 g/mol. The molecule has 160 valence electrons. The SMILES string of the molecule is COc1cccc(C2C(=O)N(C)c3cnc(Nc4ccc(S(N)=O)cc4)nc3N2C)c1. The van der Waals surface area contributed by atoms with E-state index in [1.807, 2.05) is 36.2 Å². The zero-order valence-corrected chi connectivity index (χ0v) is 18.1. The highest BCUT2D eigenvalue weighted by atomic mass is 32.2. The van der Waals surface area contributed by atoms with Crippen molar-refractivity contribution in [1.82, 2.24) is 9.97 Å². The summed E-state index contributed by atoms with van der Waals surface area (Å²) >= 11 is 0. The van der Waals surface area contributed by atoms with Gasteiger partial charge in [0.15, 0.2) is 5.82 Å². The highest BCUT2D eigenvalue weighted by Gasteiger charge is 2.37. The van der Waals surface area contributed by atoms with Crippen LogP contribution >= 0.6 is 0 Å². The van der Waals surface area contributed by atoms with Gasteiger partial charge in [-0.2, -0.15) is 4.98 Å². The van der Waals surface area contributed by atoms with Gasteiger partial charge in [-0.15, -0.1) is 0 Å². The molecule has 0 saturated carbocycles. The maximum Gasteiger partial charge on any atom is 0.254 e. The highest BCUT2D eigenvalue weighted by molar-refractivity contribution is 7.82. The molecule has 2 atom stereocenters. The average Bonchev–Trinajstić information content (AvgIpc) is 2.78. The summed E-state index contributed by atoms with van der Waals surface area (Å²) in [5.74, 6) is 1.59. The maximum absolute atomic E-state index is 13.1. The largest absolute Gasteiger partial charge is 0.497 e. The Bertz CT molecular complexity index is 1150. The number of ether oxygens (including phenoxy) is 1. The van der Waals surface area contributed by atoms with Gasteiger partial charge in [-0.25, -0.2) is 14.3 Å². The molecule has 3 N–H and O–H groups in total. The van der Waals surface area contributed by atoms with E-state index in [1.54, 1.807) is 49.5 Å². The second-order valence-corrected chi connectivity index (χ2v) is 8.10. The minimum Gasteiger partial charge on any atom is -0.497 e. The van der Waals surface area contributed by atoms with Gasteiger partial charge in [-0.1, -0.05) is 12.1 Å². The molecule has 0 saturated heterocycles. The summed E-state index contributed by atoms with van der Waals surface area (Å²) in [6.45, 7) is 0. The van der Waals surface area contributed by atoms with Crippen LogP contribution in [0.2, 0.25) is 0 Å². The van der Waals surface area contributed by atoms with E-state index >= 15 is 0 Å². The number of aromatic nitrogens is 2. The molecule has 2 aromatic carbocycles. The van der Waals surface area contributed by atoms with Crippen LogP contribution in [0.15, 0.2) is 59.6 Å². The number of nitrogens with one attached hydrogen (secondary N) is 1. The van der Waals surface area contributed by atoms with Crippen LogP contribution in [0.4, 0.5) is 23.1 Å². The molecule has 0 aliphatic carbocycles. The zero-order valence-electron chi connectivity index (χ0n) is 17.3. The number of nitrogens with zero attached hydrogens (tertiary/aromatic N) is 4. The molecule has 2 heterocycles. The van der Waals surface area contributed by atoms with Crippen molar-refractivity contribution in [3.63, 3.8) is 0 Å². The molecule has 1 amide bonds. The molecule has 0 radical (unpaired) electrons. The number of nitrogens with two attached hydrogens (primary N) is 1. The van der Waals surface area contributed by atoms with Crippen LogP contribution in [0, 0.1) is 0 Å². The molecule has 31 heavy (non-hydrogen) atoms. The first-order chi connectivity index (χ1) is 14.9. The number of hydrogen-bond donors (Lipinski definition) is 2. The molecule has 3 aromatic rings. The number of likely N-dealkylation sites (N-methyl/N-ethyl adjacent to an activating group) is 2. The normalized spacial score (nSPS) is 16.6. The van der Waals surface area contributed by atoms with E-state index in [2.05, 4.69) is 15.3 Å². The Kier molecular flexibility index (Phi) is 5.57. The maximum atomic E-state index is 13.1. The van der Waals surface area contributed by atoms with Gasteiger partial charge in [0, 0.05) is 19.8 Å². The Morgan fingerprint density at radius 1 is 1.16 bits per heavy atom. The molecule has 0 fully saturated rings. The van der Waals surface area contributed by atoms with Crippen LogP contribution in [0.1, 0.15) is 11.6 Å². The van der Waals surface area contributed by atoms with Gasteiger partial charge in [0.2, 0.25) is 5.95 Å². The predicted octanol–water partition coefficient (Wildman–Crippen LogP) is 2.36. The second-order valence-electron chi connectivity index (χ2n) is 7.04. The number of benzene rings is 2. The molecular formula is C21H22N6O3S. The lowest BCUT2D eigenvalue weighted by Crippen LogP contribution is -2.45. The molecule has 0 bridgehead atoms. The van der Waals surface area contributed by atoms with Crippen molar-refractivity contribution in [2.45, 2.75) is 10.9 Å². The van der Waals surface area contributed by atoms with E-state index in [-0.39, 0.29) is 5.91 Å². The molecule has 1 aliphatic heterocycles. The molecule has 4 rings (SSSR count). The summed E-state index contributed by atoms with van der Waals surface area (Å²) < 4.78 is 16.7. The van der Waals surface area contributed by atoms with E-state index in [4.69, 9.17) is 9.88 Å². The summed E-state index contributed by atoms with van der Waals surface area (Å²) in [6, 6.07) is 13.7. The number of carbonyl (C=O) groups is 1. The van der Waals surface area contributed by atoms with Crippen LogP contribution in [-0.4, -0.2) is 41.3 Å². The summed E-state index contributed by atoms with van der Waals surface area (Å²) in [5, 5.41) is 8.52. The third-order valence-electron chi connectivity index (χ3n) is 5.15. The standard InChI is InChI=1S/C21H22N6O3S/c1-26-17-12-23-21(24-14-7-9-16(10-8-14)31(22)29)25-19(17)27(2)18(20(26)28)13-5-4-6-15(11-13)30-3/h4-12,18H,22H2,1-3H3,(H,23,24,25).